The first kappa shape index (κ1) is 39.7. The molecule has 2 aliphatic rings. The fourth-order valence-electron chi connectivity index (χ4n) is 4.21. The Kier molecular flexibility index (Phi) is 26.9. The molecule has 0 aromatic carbocycles. The Labute approximate surface area is 264 Å². The zero-order chi connectivity index (χ0) is 31.1. The van der Waals surface area contributed by atoms with Gasteiger partial charge in [-0.15, -0.1) is 0 Å². The lowest BCUT2D eigenvalue weighted by Crippen LogP contribution is -2.48. The minimum Gasteiger partial charge on any atom is -0.378 e. The van der Waals surface area contributed by atoms with Crippen LogP contribution in [0.25, 0.3) is 0 Å². The Morgan fingerprint density at radius 2 is 1.02 bits per heavy atom. The predicted molar refractivity (Wildman–Crippen MR) is 161 cm³/mol. The molecular weight excluding hydrogens is 580 g/mol. The second kappa shape index (κ2) is 29.9. The molecule has 1 atom stereocenters. The van der Waals surface area contributed by atoms with Crippen molar-refractivity contribution in [3.05, 3.63) is 0 Å². The van der Waals surface area contributed by atoms with Crippen molar-refractivity contribution in [1.82, 2.24) is 0 Å². The number of rotatable bonds is 16. The molecule has 2 fully saturated rings. The average Bonchev–Trinajstić information content (AvgIpc) is 3.04. The van der Waals surface area contributed by atoms with Gasteiger partial charge in [-0.25, -0.2) is 0 Å². The van der Waals surface area contributed by atoms with E-state index in [0.717, 1.165) is 38.7 Å². The van der Waals surface area contributed by atoms with Gasteiger partial charge in [0.1, 0.15) is 5.60 Å². The summed E-state index contributed by atoms with van der Waals surface area (Å²) in [7, 11) is 0. The largest absolute Gasteiger partial charge is 0.378 e. The van der Waals surface area contributed by atoms with Crippen molar-refractivity contribution in [2.24, 2.45) is 0 Å². The lowest BCUT2D eigenvalue weighted by Gasteiger charge is -2.33. The van der Waals surface area contributed by atoms with Crippen molar-refractivity contribution < 1.29 is 61.6 Å². The summed E-state index contributed by atoms with van der Waals surface area (Å²) in [5, 5.41) is 0. The molecule has 0 aliphatic carbocycles. The molecule has 2 heterocycles. The molecule has 0 aromatic heterocycles. The standard InChI is InChI=1S/C31H60O13/c1-2-3-7-39-27-31(44-26-24-38-18-17-37-23-25-43-30-6-4-5-8-42-30)28-40-21-19-35-15-13-33-11-9-32-10-12-34-14-16-36-20-22-41-29-31/h30H,2-29H2,1H3. The van der Waals surface area contributed by atoms with E-state index >= 15 is 0 Å². The SMILES string of the molecule is CCCCOCC1(OCCOCCOCCOC2CCCCO2)COCCOCCOCCOCCOCCOCCOC1. The summed E-state index contributed by atoms with van der Waals surface area (Å²) in [6.45, 7) is 13.0. The van der Waals surface area contributed by atoms with Crippen LogP contribution in [-0.2, 0) is 61.6 Å². The molecule has 13 heteroatoms. The van der Waals surface area contributed by atoms with E-state index in [4.69, 9.17) is 61.6 Å². The molecule has 2 aliphatic heterocycles. The Morgan fingerprint density at radius 1 is 0.523 bits per heavy atom. The summed E-state index contributed by atoms with van der Waals surface area (Å²) in [6, 6.07) is 0. The van der Waals surface area contributed by atoms with Crippen molar-refractivity contribution in [3.63, 3.8) is 0 Å². The number of hydrogen-bond acceptors (Lipinski definition) is 13. The van der Waals surface area contributed by atoms with Gasteiger partial charge in [0.05, 0.1) is 139 Å². The van der Waals surface area contributed by atoms with Crippen LogP contribution in [0.1, 0.15) is 39.0 Å². The van der Waals surface area contributed by atoms with Crippen molar-refractivity contribution in [1.29, 1.82) is 0 Å². The maximum atomic E-state index is 6.35. The molecule has 0 amide bonds. The van der Waals surface area contributed by atoms with Gasteiger partial charge >= 0.3 is 0 Å². The Morgan fingerprint density at radius 3 is 1.52 bits per heavy atom. The molecule has 0 spiro atoms. The van der Waals surface area contributed by atoms with E-state index in [1.165, 1.54) is 0 Å². The van der Waals surface area contributed by atoms with E-state index in [2.05, 4.69) is 6.92 Å². The summed E-state index contributed by atoms with van der Waals surface area (Å²) in [6.07, 6.45) is 5.13. The van der Waals surface area contributed by atoms with Crippen LogP contribution in [0.3, 0.4) is 0 Å². The lowest BCUT2D eigenvalue weighted by atomic mass is 10.1. The third-order valence-corrected chi connectivity index (χ3v) is 6.65. The van der Waals surface area contributed by atoms with Crippen LogP contribution in [0.5, 0.6) is 0 Å². The summed E-state index contributed by atoms with van der Waals surface area (Å²) >= 11 is 0. The first-order valence-electron chi connectivity index (χ1n) is 16.5. The zero-order valence-electron chi connectivity index (χ0n) is 27.2. The summed E-state index contributed by atoms with van der Waals surface area (Å²) in [5.41, 5.74) is -0.796. The Balaban J connectivity index is 1.73. The maximum absolute atomic E-state index is 6.35. The highest BCUT2D eigenvalue weighted by atomic mass is 16.7. The minimum atomic E-state index is -0.796. The molecule has 0 radical (unpaired) electrons. The molecule has 262 valence electrons. The zero-order valence-corrected chi connectivity index (χ0v) is 27.2. The minimum absolute atomic E-state index is 0.0939. The van der Waals surface area contributed by atoms with Crippen LogP contribution >= 0.6 is 0 Å². The first-order valence-corrected chi connectivity index (χ1v) is 16.5. The van der Waals surface area contributed by atoms with E-state index in [9.17, 15) is 0 Å². The smallest absolute Gasteiger partial charge is 0.157 e. The molecule has 0 bridgehead atoms. The fraction of sp³-hybridized carbons (Fsp3) is 1.00. The number of ether oxygens (including phenoxy) is 13. The molecule has 0 N–H and O–H groups in total. The van der Waals surface area contributed by atoms with E-state index in [1.807, 2.05) is 0 Å². The molecule has 1 unspecified atom stereocenters. The highest BCUT2D eigenvalue weighted by Crippen LogP contribution is 2.16. The normalized spacial score (nSPS) is 23.0. The fourth-order valence-corrected chi connectivity index (χ4v) is 4.21. The van der Waals surface area contributed by atoms with Crippen LogP contribution < -0.4 is 0 Å². The molecule has 0 aromatic rings. The third kappa shape index (κ3) is 22.9. The monoisotopic (exact) mass is 640 g/mol. The molecule has 2 rings (SSSR count). The van der Waals surface area contributed by atoms with Crippen LogP contribution in [0.4, 0.5) is 0 Å². The van der Waals surface area contributed by atoms with Crippen molar-refractivity contribution in [2.45, 2.75) is 50.9 Å². The van der Waals surface area contributed by atoms with Crippen LogP contribution in [0.2, 0.25) is 0 Å². The van der Waals surface area contributed by atoms with Gasteiger partial charge in [0.25, 0.3) is 0 Å². The van der Waals surface area contributed by atoms with E-state index in [1.54, 1.807) is 0 Å². The van der Waals surface area contributed by atoms with Crippen LogP contribution in [0, 0.1) is 0 Å². The van der Waals surface area contributed by atoms with E-state index in [-0.39, 0.29) is 6.29 Å². The van der Waals surface area contributed by atoms with E-state index in [0.29, 0.717) is 145 Å². The highest BCUT2D eigenvalue weighted by Gasteiger charge is 2.33. The first-order chi connectivity index (χ1) is 21.8. The van der Waals surface area contributed by atoms with Gasteiger partial charge in [0.15, 0.2) is 6.29 Å². The van der Waals surface area contributed by atoms with Gasteiger partial charge in [0, 0.05) is 13.2 Å². The van der Waals surface area contributed by atoms with Gasteiger partial charge in [-0.2, -0.15) is 0 Å². The van der Waals surface area contributed by atoms with Gasteiger partial charge in [0.2, 0.25) is 0 Å². The molecule has 44 heavy (non-hydrogen) atoms. The molecule has 0 saturated carbocycles. The van der Waals surface area contributed by atoms with Gasteiger partial charge in [-0.3, -0.25) is 0 Å². The number of hydrogen-bond donors (Lipinski definition) is 0. The molecule has 2 saturated heterocycles. The Hall–Kier alpha value is -0.520. The third-order valence-electron chi connectivity index (χ3n) is 6.65. The van der Waals surface area contributed by atoms with Gasteiger partial charge < -0.3 is 61.6 Å². The Bertz CT molecular complexity index is 573. The molecule has 13 nitrogen and oxygen atoms in total. The quantitative estimate of drug-likeness (QED) is 0.230. The van der Waals surface area contributed by atoms with Gasteiger partial charge in [-0.05, 0) is 25.7 Å². The number of unbranched alkanes of at least 4 members (excludes halogenated alkanes) is 1. The average molecular weight is 641 g/mol. The van der Waals surface area contributed by atoms with E-state index < -0.39 is 5.60 Å². The molecular formula is C31H60O13. The van der Waals surface area contributed by atoms with Crippen molar-refractivity contribution >= 4 is 0 Å². The van der Waals surface area contributed by atoms with Crippen LogP contribution in [-0.4, -0.2) is 164 Å². The topological polar surface area (TPSA) is 120 Å². The van der Waals surface area contributed by atoms with Crippen molar-refractivity contribution in [3.8, 4) is 0 Å². The lowest BCUT2D eigenvalue weighted by molar-refractivity contribution is -0.178. The maximum Gasteiger partial charge on any atom is 0.157 e. The summed E-state index contributed by atoms with van der Waals surface area (Å²) in [4.78, 5) is 0. The van der Waals surface area contributed by atoms with Gasteiger partial charge in [-0.1, -0.05) is 13.3 Å². The van der Waals surface area contributed by atoms with Crippen LogP contribution in [0.15, 0.2) is 0 Å². The summed E-state index contributed by atoms with van der Waals surface area (Å²) in [5.74, 6) is 0. The van der Waals surface area contributed by atoms with Crippen molar-refractivity contribution in [2.75, 3.05) is 152 Å². The highest BCUT2D eigenvalue weighted by molar-refractivity contribution is 4.81. The predicted octanol–water partition coefficient (Wildman–Crippen LogP) is 2.26. The second-order valence-corrected chi connectivity index (χ2v) is 10.5. The second-order valence-electron chi connectivity index (χ2n) is 10.5. The summed E-state index contributed by atoms with van der Waals surface area (Å²) < 4.78 is 74.8.